The summed E-state index contributed by atoms with van der Waals surface area (Å²) in [4.78, 5) is 0. The molecule has 0 radical (unpaired) electrons. The number of phenols is 2. The molecule has 2 nitrogen and oxygen atoms in total. The van der Waals surface area contributed by atoms with Crippen molar-refractivity contribution in [1.82, 2.24) is 0 Å². The molecule has 0 aliphatic heterocycles. The van der Waals surface area contributed by atoms with Crippen molar-refractivity contribution in [2.24, 2.45) is 0 Å². The number of aromatic hydroxyl groups is 2. The summed E-state index contributed by atoms with van der Waals surface area (Å²) in [6, 6.07) is 33.0. The predicted octanol–water partition coefficient (Wildman–Crippen LogP) is 11.3. The fourth-order valence-corrected chi connectivity index (χ4v) is 3.91. The molecule has 0 saturated heterocycles. The molecule has 6 aromatic rings. The van der Waals surface area contributed by atoms with Crippen LogP contribution >= 0.6 is 0 Å². The molecule has 240 valence electrons. The van der Waals surface area contributed by atoms with Gasteiger partial charge >= 0.3 is 54.2 Å². The third-order valence-electron chi connectivity index (χ3n) is 5.91. The van der Waals surface area contributed by atoms with Gasteiger partial charge in [0.05, 0.1) is 11.1 Å². The second-order valence-corrected chi connectivity index (χ2v) is 19.8. The number of hydrogen-bond acceptors (Lipinski definition) is 2. The minimum absolute atomic E-state index is 0.169. The maximum Gasteiger partial charge on any atom is 0.416 e. The first kappa shape index (κ1) is 38.6. The van der Waals surface area contributed by atoms with E-state index in [-0.39, 0.29) is 16.9 Å². The van der Waals surface area contributed by atoms with Crippen molar-refractivity contribution >= 4 is 27.0 Å². The molecule has 2 N–H and O–H groups in total. The zero-order valence-electron chi connectivity index (χ0n) is 25.7. The van der Waals surface area contributed by atoms with Gasteiger partial charge in [-0.3, -0.25) is 0 Å². The van der Waals surface area contributed by atoms with Crippen LogP contribution in [0.15, 0.2) is 121 Å². The molecule has 0 bridgehead atoms. The van der Waals surface area contributed by atoms with Crippen molar-refractivity contribution < 1.29 is 59.9 Å². The van der Waals surface area contributed by atoms with E-state index in [9.17, 15) is 26.3 Å². The zero-order chi connectivity index (χ0) is 34.5. The molecule has 0 amide bonds. The van der Waals surface area contributed by atoms with Crippen LogP contribution in [0.4, 0.5) is 26.3 Å². The Morgan fingerprint density at radius 1 is 0.543 bits per heavy atom. The van der Waals surface area contributed by atoms with Crippen LogP contribution in [0, 0.1) is 13.8 Å². The molecule has 10 heteroatoms. The Kier molecular flexibility index (Phi) is 15.0. The first-order valence-corrected chi connectivity index (χ1v) is 20.1. The molecule has 0 aliphatic carbocycles. The first-order chi connectivity index (χ1) is 21.5. The van der Waals surface area contributed by atoms with E-state index < -0.39 is 23.5 Å². The number of alkyl halides is 6. The van der Waals surface area contributed by atoms with Crippen molar-refractivity contribution in [3.63, 3.8) is 0 Å². The maximum atomic E-state index is 11.8. The Labute approximate surface area is 280 Å². The molecule has 0 aliphatic rings. The molecule has 0 heterocycles. The van der Waals surface area contributed by atoms with E-state index in [2.05, 4.69) is 99.7 Å². The van der Waals surface area contributed by atoms with Gasteiger partial charge in [-0.25, -0.2) is 0 Å². The van der Waals surface area contributed by atoms with Gasteiger partial charge in [0.2, 0.25) is 0 Å². The maximum absolute atomic E-state index is 11.8. The van der Waals surface area contributed by atoms with Crippen molar-refractivity contribution in [3.05, 3.63) is 144 Å². The van der Waals surface area contributed by atoms with Gasteiger partial charge in [0.1, 0.15) is 11.5 Å². The smallest absolute Gasteiger partial charge is 0.416 e. The van der Waals surface area contributed by atoms with E-state index >= 15 is 0 Å². The van der Waals surface area contributed by atoms with E-state index in [1.165, 1.54) is 32.7 Å². The van der Waals surface area contributed by atoms with Gasteiger partial charge in [0.15, 0.2) is 0 Å². The van der Waals surface area contributed by atoms with Gasteiger partial charge in [-0.1, -0.05) is 26.0 Å². The zero-order valence-corrected chi connectivity index (χ0v) is 29.2. The van der Waals surface area contributed by atoms with Crippen LogP contribution in [0.5, 0.6) is 11.5 Å². The number of aryl methyl sites for hydroxylation is 2. The predicted molar refractivity (Wildman–Crippen MR) is 172 cm³/mol. The Bertz CT molecular complexity index is 1590. The van der Waals surface area contributed by atoms with Gasteiger partial charge in [-0.05, 0) is 48.5 Å². The van der Waals surface area contributed by atoms with Crippen LogP contribution < -0.4 is 0 Å². The Morgan fingerprint density at radius 3 is 1.09 bits per heavy atom. The molecule has 6 rings (SSSR count). The number of phenolic OH excluding ortho intramolecular Hbond substituents is 2. The summed E-state index contributed by atoms with van der Waals surface area (Å²) in [6.45, 7) is 8.87. The molecule has 0 fully saturated rings. The second-order valence-electron chi connectivity index (χ2n) is 10.4. The van der Waals surface area contributed by atoms with Gasteiger partial charge in [0, 0.05) is 0 Å². The van der Waals surface area contributed by atoms with Crippen LogP contribution in [-0.4, -0.2) is 15.6 Å². The number of halogens is 6. The summed E-state index contributed by atoms with van der Waals surface area (Å²) in [5.74, 6) is -0.337. The van der Waals surface area contributed by atoms with E-state index in [1.807, 2.05) is 0 Å². The summed E-state index contributed by atoms with van der Waals surface area (Å²) >= 11 is 1.74. The van der Waals surface area contributed by atoms with Crippen molar-refractivity contribution in [2.45, 2.75) is 39.3 Å². The summed E-state index contributed by atoms with van der Waals surface area (Å²) in [6.07, 6.45) is -8.65. The van der Waals surface area contributed by atoms with E-state index in [0.717, 1.165) is 48.5 Å². The molecule has 0 aromatic heterocycles. The fraction of sp³-hybridized carbons (Fsp3) is 0.167. The van der Waals surface area contributed by atoms with E-state index in [4.69, 9.17) is 10.2 Å². The summed E-state index contributed by atoms with van der Waals surface area (Å²) in [5.41, 5.74) is 1.40. The Morgan fingerprint density at radius 2 is 0.826 bits per heavy atom. The summed E-state index contributed by atoms with van der Waals surface area (Å²) in [5, 5.41) is 22.7. The summed E-state index contributed by atoms with van der Waals surface area (Å²) in [7, 11) is 0. The fourth-order valence-electron chi connectivity index (χ4n) is 3.91. The molecule has 0 spiro atoms. The SMILES string of the molecule is C[Si](C)=[Zr+2].Cc1cc2ccccc2[cH-]1.Cc1cc2ccccc2[cH-]1.Oc1ccc(C(F)(F)F)cc1.Oc1ccc(C(F)(F)F)cc1. The van der Waals surface area contributed by atoms with Crippen molar-refractivity contribution in [2.75, 3.05) is 0 Å². The average molecular weight is 732 g/mol. The third-order valence-corrected chi connectivity index (χ3v) is 5.91. The van der Waals surface area contributed by atoms with Crippen LogP contribution in [0.3, 0.4) is 0 Å². The minimum Gasteiger partial charge on any atom is -0.508 e. The molecular weight excluding hydrogens is 698 g/mol. The monoisotopic (exact) mass is 730 g/mol. The van der Waals surface area contributed by atoms with Crippen LogP contribution in [-0.2, 0) is 35.7 Å². The van der Waals surface area contributed by atoms with Crippen molar-refractivity contribution in [1.29, 1.82) is 0 Å². The van der Waals surface area contributed by atoms with E-state index in [0.29, 0.717) is 0 Å². The Balaban J connectivity index is 0.000000205. The van der Waals surface area contributed by atoms with Crippen LogP contribution in [0.2, 0.25) is 13.1 Å². The van der Waals surface area contributed by atoms with E-state index in [1.54, 1.807) is 23.3 Å². The van der Waals surface area contributed by atoms with Gasteiger partial charge in [-0.2, -0.15) is 38.5 Å². The van der Waals surface area contributed by atoms with Crippen LogP contribution in [0.25, 0.3) is 21.5 Å². The van der Waals surface area contributed by atoms with Crippen LogP contribution in [0.1, 0.15) is 22.3 Å². The summed E-state index contributed by atoms with van der Waals surface area (Å²) < 4.78 is 71.0. The number of hydrogen-bond donors (Lipinski definition) is 2. The van der Waals surface area contributed by atoms with Gasteiger partial charge < -0.3 is 10.2 Å². The first-order valence-electron chi connectivity index (χ1n) is 13.9. The number of benzene rings is 4. The number of fused-ring (bicyclic) bond motifs is 2. The molecule has 0 atom stereocenters. The second kappa shape index (κ2) is 17.9. The number of rotatable bonds is 0. The Hall–Kier alpha value is -3.62. The van der Waals surface area contributed by atoms with Gasteiger partial charge in [-0.15, -0.1) is 81.2 Å². The average Bonchev–Trinajstić information content (AvgIpc) is 3.54. The molecule has 46 heavy (non-hydrogen) atoms. The van der Waals surface area contributed by atoms with Gasteiger partial charge in [0.25, 0.3) is 0 Å². The topological polar surface area (TPSA) is 40.5 Å². The quantitative estimate of drug-likeness (QED) is 0.0928. The minimum atomic E-state index is -4.33. The largest absolute Gasteiger partial charge is 0.508 e. The molecule has 0 unspecified atom stereocenters. The molecule has 0 saturated carbocycles. The molecular formula is C36H34F6O2SiZr. The standard InChI is InChI=1S/2C10H9.2C7H5F3O.C2H6Si.Zr/c2*1-8-6-9-4-2-3-5-10(9)7-8;2*8-7(9,10)5-1-3-6(11)4-2-5;1-3-2;/h2*2-7H,1H3;2*1-4,11H;1-2H3;/q2*-1;;;;+2. The van der Waals surface area contributed by atoms with Crippen molar-refractivity contribution in [3.8, 4) is 11.5 Å². The molecule has 6 aromatic carbocycles. The normalized spacial score (nSPS) is 10.7. The third kappa shape index (κ3) is 14.2.